The van der Waals surface area contributed by atoms with Crippen LogP contribution in [0, 0.1) is 26.0 Å². The molecule has 6 nitrogen and oxygen atoms in total. The molecule has 0 amide bonds. The van der Waals surface area contributed by atoms with E-state index in [4.69, 9.17) is 19.6 Å². The van der Waals surface area contributed by atoms with Crippen LogP contribution in [0.2, 0.25) is 0 Å². The van der Waals surface area contributed by atoms with Gasteiger partial charge < -0.3 is 14.0 Å². The topological polar surface area (TPSA) is 54.1 Å². The predicted molar refractivity (Wildman–Crippen MR) is 185 cm³/mol. The van der Waals surface area contributed by atoms with Gasteiger partial charge in [-0.25, -0.2) is 4.98 Å². The van der Waals surface area contributed by atoms with Gasteiger partial charge in [0.2, 0.25) is 0 Å². The molecule has 0 spiro atoms. The summed E-state index contributed by atoms with van der Waals surface area (Å²) in [7, 11) is 1.67. The predicted octanol–water partition coefficient (Wildman–Crippen LogP) is 9.73. The second kappa shape index (κ2) is 12.8. The van der Waals surface area contributed by atoms with E-state index >= 15 is 0 Å². The maximum Gasteiger partial charge on any atom is 2.00 e. The molecule has 7 heteroatoms. The second-order valence-corrected chi connectivity index (χ2v) is 12.3. The normalized spacial score (nSPS) is 11.5. The average molecular weight is 800 g/mol. The van der Waals surface area contributed by atoms with Crippen molar-refractivity contribution in [2.45, 2.75) is 46.5 Å². The van der Waals surface area contributed by atoms with Gasteiger partial charge in [-0.05, 0) is 60.0 Å². The number of fused-ring (bicyclic) bond motifs is 3. The van der Waals surface area contributed by atoms with E-state index in [1.165, 1.54) is 5.56 Å². The standard InChI is InChI=1S/C40H36N4O2.Pt/c1-7-40(4,5)29-16-19-36-35(22-29)34-18-17-33(24-37(34)43(36)38-25-31(45-6)20-21-41-38)46-32-15-11-14-30(23-32)44-27(3)39(26(2)42-44)28-12-9-8-10-13-28;/h8-22,25H,7H2,1-6H3;/q-2;+2. The molecule has 0 aliphatic rings. The molecule has 0 saturated carbocycles. The van der Waals surface area contributed by atoms with Crippen LogP contribution in [0.1, 0.15) is 44.1 Å². The molecular weight excluding hydrogens is 764 g/mol. The smallest absolute Gasteiger partial charge is 0.509 e. The van der Waals surface area contributed by atoms with Crippen molar-refractivity contribution in [3.8, 4) is 39.9 Å². The Morgan fingerprint density at radius 2 is 1.62 bits per heavy atom. The summed E-state index contributed by atoms with van der Waals surface area (Å²) in [6.07, 6.45) is 2.81. The van der Waals surface area contributed by atoms with Crippen LogP contribution in [0.5, 0.6) is 17.2 Å². The molecule has 7 aromatic rings. The molecule has 3 heterocycles. The minimum absolute atomic E-state index is 0. The van der Waals surface area contributed by atoms with E-state index in [-0.39, 0.29) is 26.5 Å². The van der Waals surface area contributed by atoms with Crippen LogP contribution in [-0.4, -0.2) is 26.4 Å². The third-order valence-electron chi connectivity index (χ3n) is 9.05. The number of pyridine rings is 1. The first kappa shape index (κ1) is 32.3. The third-order valence-corrected chi connectivity index (χ3v) is 9.05. The van der Waals surface area contributed by atoms with Crippen LogP contribution >= 0.6 is 0 Å². The number of rotatable bonds is 8. The van der Waals surface area contributed by atoms with E-state index < -0.39 is 0 Å². The summed E-state index contributed by atoms with van der Waals surface area (Å²) in [4.78, 5) is 4.72. The van der Waals surface area contributed by atoms with Crippen molar-refractivity contribution in [3.05, 3.63) is 126 Å². The molecule has 0 fully saturated rings. The van der Waals surface area contributed by atoms with Gasteiger partial charge in [-0.3, -0.25) is 4.68 Å². The summed E-state index contributed by atoms with van der Waals surface area (Å²) in [6, 6.07) is 37.8. The number of hydrogen-bond donors (Lipinski definition) is 0. The second-order valence-electron chi connectivity index (χ2n) is 12.3. The van der Waals surface area contributed by atoms with E-state index in [0.717, 1.165) is 68.0 Å². The molecule has 0 atom stereocenters. The van der Waals surface area contributed by atoms with Gasteiger partial charge in [-0.15, -0.1) is 35.7 Å². The zero-order valence-corrected chi connectivity index (χ0v) is 29.6. The van der Waals surface area contributed by atoms with Crippen LogP contribution in [0.15, 0.2) is 97.2 Å². The van der Waals surface area contributed by atoms with Gasteiger partial charge in [0.15, 0.2) is 0 Å². The molecule has 3 aromatic heterocycles. The quantitative estimate of drug-likeness (QED) is 0.144. The van der Waals surface area contributed by atoms with Crippen molar-refractivity contribution in [1.82, 2.24) is 19.3 Å². The van der Waals surface area contributed by atoms with Gasteiger partial charge in [0.25, 0.3) is 0 Å². The van der Waals surface area contributed by atoms with Crippen molar-refractivity contribution in [2.24, 2.45) is 0 Å². The van der Waals surface area contributed by atoms with Gasteiger partial charge in [-0.2, -0.15) is 17.2 Å². The van der Waals surface area contributed by atoms with E-state index in [1.54, 1.807) is 13.3 Å². The van der Waals surface area contributed by atoms with Crippen molar-refractivity contribution in [3.63, 3.8) is 0 Å². The van der Waals surface area contributed by atoms with E-state index in [9.17, 15) is 0 Å². The molecule has 7 rings (SSSR count). The van der Waals surface area contributed by atoms with Crippen LogP contribution in [0.3, 0.4) is 0 Å². The molecule has 238 valence electrons. The van der Waals surface area contributed by atoms with Gasteiger partial charge >= 0.3 is 21.1 Å². The fourth-order valence-electron chi connectivity index (χ4n) is 6.13. The minimum atomic E-state index is 0. The van der Waals surface area contributed by atoms with Gasteiger partial charge in [0.1, 0.15) is 11.6 Å². The van der Waals surface area contributed by atoms with Gasteiger partial charge in [0, 0.05) is 40.5 Å². The summed E-state index contributed by atoms with van der Waals surface area (Å²) in [5.74, 6) is 2.65. The van der Waals surface area contributed by atoms with Crippen LogP contribution in [0.4, 0.5) is 0 Å². The summed E-state index contributed by atoms with van der Waals surface area (Å²) >= 11 is 0. The number of nitrogens with zero attached hydrogens (tertiary/aromatic N) is 4. The Morgan fingerprint density at radius 1 is 0.830 bits per heavy atom. The van der Waals surface area contributed by atoms with Gasteiger partial charge in [-0.1, -0.05) is 68.8 Å². The fourth-order valence-corrected chi connectivity index (χ4v) is 6.13. The Balaban J connectivity index is 0.00000386. The Kier molecular flexibility index (Phi) is 8.82. The summed E-state index contributed by atoms with van der Waals surface area (Å²) < 4.78 is 16.0. The Bertz CT molecular complexity index is 2220. The van der Waals surface area contributed by atoms with E-state index in [0.29, 0.717) is 11.5 Å². The molecule has 4 aromatic carbocycles. The van der Waals surface area contributed by atoms with Crippen LogP contribution in [-0.2, 0) is 26.5 Å². The monoisotopic (exact) mass is 799 g/mol. The first-order chi connectivity index (χ1) is 22.3. The summed E-state index contributed by atoms with van der Waals surface area (Å²) in [5, 5.41) is 7.09. The maximum atomic E-state index is 6.43. The van der Waals surface area contributed by atoms with Gasteiger partial charge in [0.05, 0.1) is 12.8 Å². The fraction of sp³-hybridized carbons (Fsp3) is 0.200. The Morgan fingerprint density at radius 3 is 2.38 bits per heavy atom. The zero-order chi connectivity index (χ0) is 32.0. The number of methoxy groups -OCH3 is 1. The molecule has 0 saturated heterocycles. The zero-order valence-electron chi connectivity index (χ0n) is 27.4. The SMILES string of the molecule is CCC(C)(C)c1ccc2c(c1)c1ccc(Oc3[c-]c(-n4nc(C)c(-c5ccccc5)c4C)ccc3)[c-]c1n2-c1cc(OC)ccn1.[Pt+2]. The molecule has 47 heavy (non-hydrogen) atoms. The number of hydrogen-bond acceptors (Lipinski definition) is 4. The summed E-state index contributed by atoms with van der Waals surface area (Å²) in [5.41, 5.74) is 8.37. The first-order valence-corrected chi connectivity index (χ1v) is 15.6. The van der Waals surface area contributed by atoms with Crippen molar-refractivity contribution in [1.29, 1.82) is 0 Å². The average Bonchev–Trinajstić information content (AvgIpc) is 3.57. The molecule has 0 aliphatic heterocycles. The largest absolute Gasteiger partial charge is 2.00 e. The number of benzene rings is 4. The molecule has 0 N–H and O–H groups in total. The Hall–Kier alpha value is -4.67. The number of aromatic nitrogens is 4. The third kappa shape index (κ3) is 5.87. The molecule has 0 unspecified atom stereocenters. The maximum absolute atomic E-state index is 6.43. The Labute approximate surface area is 290 Å². The van der Waals surface area contributed by atoms with Crippen molar-refractivity contribution >= 4 is 21.8 Å². The van der Waals surface area contributed by atoms with Crippen molar-refractivity contribution in [2.75, 3.05) is 7.11 Å². The van der Waals surface area contributed by atoms with E-state index in [1.807, 2.05) is 66.2 Å². The molecular formula is C40H36N4O2Pt. The first-order valence-electron chi connectivity index (χ1n) is 15.6. The summed E-state index contributed by atoms with van der Waals surface area (Å²) in [6.45, 7) is 10.9. The minimum Gasteiger partial charge on any atom is -0.509 e. The number of ether oxygens (including phenoxy) is 2. The number of aryl methyl sites for hydroxylation is 1. The molecule has 0 aliphatic carbocycles. The van der Waals surface area contributed by atoms with Crippen LogP contribution < -0.4 is 9.47 Å². The van der Waals surface area contributed by atoms with Crippen molar-refractivity contribution < 1.29 is 30.5 Å². The molecule has 0 radical (unpaired) electrons. The van der Waals surface area contributed by atoms with E-state index in [2.05, 4.69) is 80.8 Å². The van der Waals surface area contributed by atoms with Crippen LogP contribution in [0.25, 0.3) is 44.4 Å². The molecule has 0 bridgehead atoms.